The summed E-state index contributed by atoms with van der Waals surface area (Å²) in [5.74, 6) is 0. The van der Waals surface area contributed by atoms with Gasteiger partial charge in [0.05, 0.1) is 6.61 Å². The minimum absolute atomic E-state index is 0.222. The molecule has 16 heavy (non-hydrogen) atoms. The summed E-state index contributed by atoms with van der Waals surface area (Å²) in [7, 11) is 0. The summed E-state index contributed by atoms with van der Waals surface area (Å²) in [5.41, 5.74) is -0.222. The van der Waals surface area contributed by atoms with E-state index in [1.165, 1.54) is 19.3 Å². The van der Waals surface area contributed by atoms with E-state index in [1.54, 1.807) is 0 Å². The fourth-order valence-corrected chi connectivity index (χ4v) is 1.81. The summed E-state index contributed by atoms with van der Waals surface area (Å²) >= 11 is 0. The van der Waals surface area contributed by atoms with Crippen LogP contribution in [0.15, 0.2) is 0 Å². The van der Waals surface area contributed by atoms with Crippen LogP contribution in [-0.2, 0) is 4.74 Å². The lowest BCUT2D eigenvalue weighted by Gasteiger charge is -2.24. The van der Waals surface area contributed by atoms with Crippen LogP contribution >= 0.6 is 0 Å². The van der Waals surface area contributed by atoms with E-state index in [0.717, 1.165) is 13.0 Å². The van der Waals surface area contributed by atoms with Gasteiger partial charge in [-0.2, -0.15) is 0 Å². The van der Waals surface area contributed by atoms with Gasteiger partial charge in [0.1, 0.15) is 0 Å². The molecule has 1 fully saturated rings. The maximum Gasteiger partial charge on any atom is 0.407 e. The van der Waals surface area contributed by atoms with Crippen LogP contribution in [0.25, 0.3) is 0 Å². The molecule has 0 aromatic carbocycles. The lowest BCUT2D eigenvalue weighted by Crippen LogP contribution is -2.41. The van der Waals surface area contributed by atoms with E-state index in [1.807, 2.05) is 20.8 Å². The van der Waals surface area contributed by atoms with Gasteiger partial charge >= 0.3 is 6.09 Å². The van der Waals surface area contributed by atoms with E-state index in [2.05, 4.69) is 10.6 Å². The Morgan fingerprint density at radius 1 is 1.44 bits per heavy atom. The van der Waals surface area contributed by atoms with Crippen molar-refractivity contribution in [2.45, 2.75) is 58.0 Å². The predicted molar refractivity (Wildman–Crippen MR) is 64.5 cm³/mol. The van der Waals surface area contributed by atoms with Crippen LogP contribution in [0.1, 0.15) is 46.5 Å². The van der Waals surface area contributed by atoms with Crippen LogP contribution in [0.4, 0.5) is 4.79 Å². The predicted octanol–water partition coefficient (Wildman–Crippen LogP) is 2.04. The molecule has 0 bridgehead atoms. The summed E-state index contributed by atoms with van der Waals surface area (Å²) < 4.78 is 5.13. The van der Waals surface area contributed by atoms with Crippen LogP contribution in [0.2, 0.25) is 0 Å². The average molecular weight is 228 g/mol. The van der Waals surface area contributed by atoms with Crippen molar-refractivity contribution in [3.05, 3.63) is 0 Å². The fraction of sp³-hybridized carbons (Fsp3) is 0.917. The third-order valence-electron chi connectivity index (χ3n) is 2.59. The van der Waals surface area contributed by atoms with Gasteiger partial charge in [-0.05, 0) is 46.6 Å². The van der Waals surface area contributed by atoms with E-state index < -0.39 is 0 Å². The van der Waals surface area contributed by atoms with Crippen LogP contribution in [0.5, 0.6) is 0 Å². The first kappa shape index (κ1) is 13.3. The van der Waals surface area contributed by atoms with Crippen molar-refractivity contribution in [3.63, 3.8) is 0 Å². The number of rotatable bonds is 3. The fourth-order valence-electron chi connectivity index (χ4n) is 1.81. The molecule has 1 atom stereocenters. The summed E-state index contributed by atoms with van der Waals surface area (Å²) in [6.07, 6.45) is 4.35. The second-order valence-electron chi connectivity index (χ2n) is 5.45. The number of hydrogen-bond acceptors (Lipinski definition) is 3. The van der Waals surface area contributed by atoms with Crippen LogP contribution in [0, 0.1) is 0 Å². The molecule has 1 saturated heterocycles. The lowest BCUT2D eigenvalue weighted by molar-refractivity contribution is 0.131. The minimum atomic E-state index is -0.316. The highest BCUT2D eigenvalue weighted by Gasteiger charge is 2.16. The molecule has 0 saturated carbocycles. The van der Waals surface area contributed by atoms with E-state index >= 15 is 0 Å². The minimum Gasteiger partial charge on any atom is -0.449 e. The van der Waals surface area contributed by atoms with Crippen LogP contribution in [-0.4, -0.2) is 30.8 Å². The Morgan fingerprint density at radius 3 is 2.75 bits per heavy atom. The van der Waals surface area contributed by atoms with Crippen molar-refractivity contribution in [2.24, 2.45) is 0 Å². The molecule has 4 nitrogen and oxygen atoms in total. The van der Waals surface area contributed by atoms with Crippen molar-refractivity contribution >= 4 is 6.09 Å². The Kier molecular flexibility index (Phi) is 5.06. The molecule has 4 heteroatoms. The summed E-state index contributed by atoms with van der Waals surface area (Å²) in [4.78, 5) is 11.3. The van der Waals surface area contributed by atoms with Gasteiger partial charge in [-0.25, -0.2) is 4.79 Å². The van der Waals surface area contributed by atoms with Crippen molar-refractivity contribution in [1.82, 2.24) is 10.6 Å². The second kappa shape index (κ2) is 6.09. The molecule has 0 aliphatic carbocycles. The monoisotopic (exact) mass is 228 g/mol. The Hall–Kier alpha value is -0.770. The number of amides is 1. The third kappa shape index (κ3) is 5.95. The highest BCUT2D eigenvalue weighted by Crippen LogP contribution is 2.10. The molecule has 1 aliphatic heterocycles. The number of carbonyl (C=O) groups is 1. The zero-order valence-corrected chi connectivity index (χ0v) is 10.6. The number of ether oxygens (including phenoxy) is 1. The molecule has 0 spiro atoms. The summed E-state index contributed by atoms with van der Waals surface area (Å²) in [6.45, 7) is 7.42. The van der Waals surface area contributed by atoms with Gasteiger partial charge in [0, 0.05) is 11.6 Å². The van der Waals surface area contributed by atoms with Crippen LogP contribution in [0.3, 0.4) is 0 Å². The first-order valence-electron chi connectivity index (χ1n) is 6.16. The maximum absolute atomic E-state index is 11.3. The molecule has 1 rings (SSSR count). The number of piperidine rings is 1. The quantitative estimate of drug-likeness (QED) is 0.777. The normalized spacial score (nSPS) is 21.6. The lowest BCUT2D eigenvalue weighted by atomic mass is 10.0. The number of hydrogen-bond donors (Lipinski definition) is 2. The van der Waals surface area contributed by atoms with E-state index in [-0.39, 0.29) is 11.6 Å². The maximum atomic E-state index is 11.3. The molecule has 1 amide bonds. The largest absolute Gasteiger partial charge is 0.449 e. The molecule has 1 unspecified atom stereocenters. The zero-order valence-electron chi connectivity index (χ0n) is 10.6. The second-order valence-corrected chi connectivity index (χ2v) is 5.45. The van der Waals surface area contributed by atoms with Gasteiger partial charge in [0.15, 0.2) is 0 Å². The molecular weight excluding hydrogens is 204 g/mol. The Morgan fingerprint density at radius 2 is 2.19 bits per heavy atom. The number of alkyl carbamates (subject to hydrolysis) is 1. The summed E-state index contributed by atoms with van der Waals surface area (Å²) in [5, 5.41) is 6.20. The van der Waals surface area contributed by atoms with Gasteiger partial charge in [0.2, 0.25) is 0 Å². The van der Waals surface area contributed by atoms with Gasteiger partial charge in [-0.15, -0.1) is 0 Å². The number of carbonyl (C=O) groups excluding carboxylic acids is 1. The molecule has 0 radical (unpaired) electrons. The van der Waals surface area contributed by atoms with Crippen molar-refractivity contribution in [2.75, 3.05) is 13.2 Å². The molecule has 0 aromatic rings. The SMILES string of the molecule is CC(C)(C)NC(=O)OCCC1CCCCN1. The van der Waals surface area contributed by atoms with Crippen molar-refractivity contribution < 1.29 is 9.53 Å². The molecule has 1 heterocycles. The highest BCUT2D eigenvalue weighted by molar-refractivity contribution is 5.67. The molecular formula is C12H24N2O2. The first-order chi connectivity index (χ1) is 7.47. The molecule has 0 aromatic heterocycles. The summed E-state index contributed by atoms with van der Waals surface area (Å²) in [6, 6.07) is 0.524. The molecule has 2 N–H and O–H groups in total. The smallest absolute Gasteiger partial charge is 0.407 e. The third-order valence-corrected chi connectivity index (χ3v) is 2.59. The standard InChI is InChI=1S/C12H24N2O2/c1-12(2,3)14-11(15)16-9-7-10-6-4-5-8-13-10/h10,13H,4-9H2,1-3H3,(H,14,15). The highest BCUT2D eigenvalue weighted by atomic mass is 16.5. The molecule has 1 aliphatic rings. The van der Waals surface area contributed by atoms with Gasteiger partial charge in [-0.3, -0.25) is 0 Å². The van der Waals surface area contributed by atoms with E-state index in [0.29, 0.717) is 12.6 Å². The van der Waals surface area contributed by atoms with Crippen LogP contribution < -0.4 is 10.6 Å². The van der Waals surface area contributed by atoms with Crippen molar-refractivity contribution in [1.29, 1.82) is 0 Å². The zero-order chi connectivity index (χ0) is 12.0. The van der Waals surface area contributed by atoms with Crippen molar-refractivity contribution in [3.8, 4) is 0 Å². The van der Waals surface area contributed by atoms with Gasteiger partial charge < -0.3 is 15.4 Å². The van der Waals surface area contributed by atoms with E-state index in [9.17, 15) is 4.79 Å². The molecule has 94 valence electrons. The first-order valence-corrected chi connectivity index (χ1v) is 6.16. The Labute approximate surface area is 98.1 Å². The average Bonchev–Trinajstić information content (AvgIpc) is 2.16. The van der Waals surface area contributed by atoms with Gasteiger partial charge in [-0.1, -0.05) is 6.42 Å². The Balaban J connectivity index is 2.08. The van der Waals surface area contributed by atoms with E-state index in [4.69, 9.17) is 4.74 Å². The Bertz CT molecular complexity index is 218. The number of nitrogens with one attached hydrogen (secondary N) is 2. The van der Waals surface area contributed by atoms with Gasteiger partial charge in [0.25, 0.3) is 0 Å². The topological polar surface area (TPSA) is 50.4 Å².